The number of rotatable bonds is 1. The first kappa shape index (κ1) is 12.4. The Hall–Kier alpha value is -0.0600. The highest BCUT2D eigenvalue weighted by Crippen LogP contribution is 2.34. The van der Waals surface area contributed by atoms with Crippen LogP contribution in [0.4, 0.5) is 5.69 Å². The van der Waals surface area contributed by atoms with Crippen molar-refractivity contribution in [1.29, 1.82) is 0 Å². The molecule has 1 atom stereocenters. The summed E-state index contributed by atoms with van der Waals surface area (Å²) in [5, 5.41) is 0.631. The maximum Gasteiger partial charge on any atom is 0.228 e. The van der Waals surface area contributed by atoms with Crippen LogP contribution >= 0.6 is 43.5 Å². The van der Waals surface area contributed by atoms with E-state index in [2.05, 4.69) is 31.9 Å². The molecule has 0 spiro atoms. The van der Waals surface area contributed by atoms with Gasteiger partial charge in [0.15, 0.2) is 0 Å². The Morgan fingerprint density at radius 1 is 1.50 bits per heavy atom. The van der Waals surface area contributed by atoms with E-state index in [4.69, 9.17) is 11.6 Å². The Morgan fingerprint density at radius 3 is 2.75 bits per heavy atom. The minimum absolute atomic E-state index is 0.142. The van der Waals surface area contributed by atoms with E-state index in [9.17, 15) is 4.79 Å². The van der Waals surface area contributed by atoms with Gasteiger partial charge in [-0.25, -0.2) is 0 Å². The van der Waals surface area contributed by atoms with Crippen molar-refractivity contribution >= 4 is 55.1 Å². The van der Waals surface area contributed by atoms with Gasteiger partial charge >= 0.3 is 0 Å². The Kier molecular flexibility index (Phi) is 3.62. The lowest BCUT2D eigenvalue weighted by Crippen LogP contribution is -2.25. The number of carbonyl (C=O) groups excluding carboxylic acids is 1. The molecule has 1 aromatic rings. The monoisotopic (exact) mass is 365 g/mol. The van der Waals surface area contributed by atoms with Gasteiger partial charge in [0.1, 0.15) is 0 Å². The molecule has 1 fully saturated rings. The van der Waals surface area contributed by atoms with Crippen molar-refractivity contribution in [2.75, 3.05) is 11.4 Å². The normalized spacial score (nSPS) is 20.6. The van der Waals surface area contributed by atoms with Crippen molar-refractivity contribution in [3.05, 3.63) is 27.2 Å². The van der Waals surface area contributed by atoms with Crippen LogP contribution in [0.25, 0.3) is 0 Å². The van der Waals surface area contributed by atoms with Crippen LogP contribution in [-0.4, -0.2) is 17.3 Å². The van der Waals surface area contributed by atoms with Crippen LogP contribution < -0.4 is 4.90 Å². The molecular weight excluding hydrogens is 357 g/mol. The van der Waals surface area contributed by atoms with Gasteiger partial charge in [-0.3, -0.25) is 4.79 Å². The van der Waals surface area contributed by atoms with Crippen LogP contribution in [0.15, 0.2) is 16.6 Å². The molecule has 86 valence electrons. The average Bonchev–Trinajstić information content (AvgIpc) is 2.51. The van der Waals surface area contributed by atoms with E-state index >= 15 is 0 Å². The van der Waals surface area contributed by atoms with Crippen LogP contribution in [0.3, 0.4) is 0 Å². The fourth-order valence-corrected chi connectivity index (χ4v) is 3.01. The summed E-state index contributed by atoms with van der Waals surface area (Å²) < 4.78 is 0.859. The van der Waals surface area contributed by atoms with Gasteiger partial charge in [-0.2, -0.15) is 0 Å². The molecule has 16 heavy (non-hydrogen) atoms. The van der Waals surface area contributed by atoms with Gasteiger partial charge in [0.25, 0.3) is 0 Å². The fourth-order valence-electron chi connectivity index (χ4n) is 1.82. The van der Waals surface area contributed by atoms with Crippen LogP contribution in [0, 0.1) is 6.92 Å². The molecule has 0 N–H and O–H groups in total. The molecule has 1 saturated heterocycles. The Bertz CT molecular complexity index is 450. The molecule has 1 unspecified atom stereocenters. The predicted molar refractivity (Wildman–Crippen MR) is 73.6 cm³/mol. The zero-order chi connectivity index (χ0) is 11.9. The lowest BCUT2D eigenvalue weighted by molar-refractivity contribution is -0.117. The third kappa shape index (κ3) is 2.29. The maximum atomic E-state index is 11.8. The van der Waals surface area contributed by atoms with Crippen LogP contribution in [0.1, 0.15) is 12.0 Å². The second-order valence-corrected chi connectivity index (χ2v) is 6.42. The number of aryl methyl sites for hydroxylation is 1. The second kappa shape index (κ2) is 4.67. The molecule has 1 aliphatic heterocycles. The second-order valence-electron chi connectivity index (χ2n) is 3.86. The minimum atomic E-state index is 0.142. The van der Waals surface area contributed by atoms with Crippen molar-refractivity contribution < 1.29 is 4.79 Å². The Balaban J connectivity index is 2.41. The molecule has 5 heteroatoms. The number of anilines is 1. The number of nitrogens with zero attached hydrogens (tertiary/aromatic N) is 1. The predicted octanol–water partition coefficient (Wildman–Crippen LogP) is 3.91. The molecule has 2 rings (SSSR count). The van der Waals surface area contributed by atoms with Gasteiger partial charge in [-0.1, -0.05) is 27.5 Å². The Morgan fingerprint density at radius 2 is 2.19 bits per heavy atom. The van der Waals surface area contributed by atoms with Crippen molar-refractivity contribution in [3.8, 4) is 0 Å². The van der Waals surface area contributed by atoms with E-state index < -0.39 is 0 Å². The number of carbonyl (C=O) groups is 1. The van der Waals surface area contributed by atoms with Gasteiger partial charge in [0.05, 0.1) is 5.02 Å². The minimum Gasteiger partial charge on any atom is -0.311 e. The summed E-state index contributed by atoms with van der Waals surface area (Å²) in [5.74, 6) is 0.142. The highest BCUT2D eigenvalue weighted by atomic mass is 79.9. The number of hydrogen-bond acceptors (Lipinski definition) is 1. The smallest absolute Gasteiger partial charge is 0.228 e. The van der Waals surface area contributed by atoms with E-state index in [-0.39, 0.29) is 10.7 Å². The summed E-state index contributed by atoms with van der Waals surface area (Å²) >= 11 is 12.9. The standard InChI is InChI=1S/C11H10Br2ClNO/c1-6-2-8(13)9(14)4-10(6)15-5-7(12)3-11(15)16/h2,4,7H,3,5H2,1H3. The van der Waals surface area contributed by atoms with E-state index in [0.29, 0.717) is 18.0 Å². The lowest BCUT2D eigenvalue weighted by atomic mass is 10.2. The summed E-state index contributed by atoms with van der Waals surface area (Å²) in [6.45, 7) is 2.68. The zero-order valence-electron chi connectivity index (χ0n) is 8.64. The first-order valence-electron chi connectivity index (χ1n) is 4.89. The molecule has 0 aliphatic carbocycles. The largest absolute Gasteiger partial charge is 0.311 e. The molecule has 0 aromatic heterocycles. The summed E-state index contributed by atoms with van der Waals surface area (Å²) in [5.41, 5.74) is 1.95. The first-order chi connectivity index (χ1) is 7.49. The molecule has 1 aromatic carbocycles. The molecule has 1 amide bonds. The third-order valence-electron chi connectivity index (χ3n) is 2.61. The molecular formula is C11H10Br2ClNO. The van der Waals surface area contributed by atoms with Crippen LogP contribution in [-0.2, 0) is 4.79 Å². The first-order valence-corrected chi connectivity index (χ1v) is 6.98. The van der Waals surface area contributed by atoms with E-state index in [1.165, 1.54) is 0 Å². The SMILES string of the molecule is Cc1cc(Br)c(Cl)cc1N1CC(Br)CC1=O. The van der Waals surface area contributed by atoms with Crippen molar-refractivity contribution in [1.82, 2.24) is 0 Å². The summed E-state index contributed by atoms with van der Waals surface area (Å²) in [4.78, 5) is 13.8. The molecule has 0 bridgehead atoms. The summed E-state index contributed by atoms with van der Waals surface area (Å²) in [7, 11) is 0. The average molecular weight is 367 g/mol. The number of alkyl halides is 1. The zero-order valence-corrected chi connectivity index (χ0v) is 12.6. The Labute approximate surface area is 116 Å². The maximum absolute atomic E-state index is 11.8. The highest BCUT2D eigenvalue weighted by molar-refractivity contribution is 9.10. The van der Waals surface area contributed by atoms with E-state index in [0.717, 1.165) is 15.7 Å². The number of benzene rings is 1. The van der Waals surface area contributed by atoms with Crippen molar-refractivity contribution in [3.63, 3.8) is 0 Å². The van der Waals surface area contributed by atoms with Crippen molar-refractivity contribution in [2.45, 2.75) is 18.2 Å². The van der Waals surface area contributed by atoms with Gasteiger partial charge in [-0.15, -0.1) is 0 Å². The van der Waals surface area contributed by atoms with E-state index in [1.807, 2.05) is 19.1 Å². The highest BCUT2D eigenvalue weighted by Gasteiger charge is 2.29. The lowest BCUT2D eigenvalue weighted by Gasteiger charge is -2.19. The van der Waals surface area contributed by atoms with Gasteiger partial charge in [0.2, 0.25) is 5.91 Å². The van der Waals surface area contributed by atoms with Gasteiger partial charge < -0.3 is 4.90 Å². The molecule has 0 radical (unpaired) electrons. The van der Waals surface area contributed by atoms with Crippen molar-refractivity contribution in [2.24, 2.45) is 0 Å². The number of halogens is 3. The molecule has 1 heterocycles. The van der Waals surface area contributed by atoms with E-state index in [1.54, 1.807) is 4.90 Å². The fraction of sp³-hybridized carbons (Fsp3) is 0.364. The number of amides is 1. The topological polar surface area (TPSA) is 20.3 Å². The molecule has 0 saturated carbocycles. The molecule has 1 aliphatic rings. The van der Waals surface area contributed by atoms with Crippen LogP contribution in [0.2, 0.25) is 5.02 Å². The van der Waals surface area contributed by atoms with Crippen LogP contribution in [0.5, 0.6) is 0 Å². The summed E-state index contributed by atoms with van der Waals surface area (Å²) in [6.07, 6.45) is 0.549. The molecule has 2 nitrogen and oxygen atoms in total. The number of hydrogen-bond donors (Lipinski definition) is 0. The summed E-state index contributed by atoms with van der Waals surface area (Å²) in [6, 6.07) is 3.77. The quantitative estimate of drug-likeness (QED) is 0.689. The third-order valence-corrected chi connectivity index (χ3v) is 4.42. The van der Waals surface area contributed by atoms with Gasteiger partial charge in [-0.05, 0) is 40.5 Å². The van der Waals surface area contributed by atoms with Gasteiger partial charge in [0, 0.05) is 28.0 Å².